The Morgan fingerprint density at radius 2 is 1.43 bits per heavy atom. The lowest BCUT2D eigenvalue weighted by Gasteiger charge is -2.10. The first kappa shape index (κ1) is 18.5. The quantitative estimate of drug-likeness (QED) is 0.395. The van der Waals surface area contributed by atoms with E-state index in [1.165, 1.54) is 79.9 Å². The van der Waals surface area contributed by atoms with Gasteiger partial charge >= 0.3 is 0 Å². The highest BCUT2D eigenvalue weighted by Gasteiger charge is 2.00. The summed E-state index contributed by atoms with van der Waals surface area (Å²) in [7, 11) is 0. The van der Waals surface area contributed by atoms with Crippen LogP contribution in [0, 0.1) is 6.92 Å². The molecule has 0 amide bonds. The van der Waals surface area contributed by atoms with Crippen LogP contribution < -0.4 is 5.32 Å². The van der Waals surface area contributed by atoms with Crippen molar-refractivity contribution < 1.29 is 0 Å². The highest BCUT2D eigenvalue weighted by Crippen LogP contribution is 2.23. The summed E-state index contributed by atoms with van der Waals surface area (Å²) < 4.78 is 1.19. The Bertz CT molecular complexity index is 376. The molecule has 120 valence electrons. The molecule has 0 aliphatic heterocycles. The van der Waals surface area contributed by atoms with E-state index in [2.05, 4.69) is 53.3 Å². The van der Waals surface area contributed by atoms with Crippen LogP contribution in [-0.4, -0.2) is 6.54 Å². The molecule has 0 saturated carbocycles. The summed E-state index contributed by atoms with van der Waals surface area (Å²) >= 11 is 3.58. The number of benzene rings is 1. The minimum absolute atomic E-state index is 1.09. The normalized spacial score (nSPS) is 10.8. The molecule has 21 heavy (non-hydrogen) atoms. The van der Waals surface area contributed by atoms with Gasteiger partial charge in [0, 0.05) is 16.7 Å². The predicted molar refractivity (Wildman–Crippen MR) is 99.2 cm³/mol. The fourth-order valence-electron chi connectivity index (χ4n) is 2.63. The van der Waals surface area contributed by atoms with Crippen molar-refractivity contribution >= 4 is 21.6 Å². The number of rotatable bonds is 12. The topological polar surface area (TPSA) is 12.0 Å². The molecule has 0 unspecified atom stereocenters. The van der Waals surface area contributed by atoms with Gasteiger partial charge in [-0.1, -0.05) is 86.7 Å². The maximum Gasteiger partial charge on any atom is 0.0381 e. The monoisotopic (exact) mass is 353 g/mol. The average Bonchev–Trinajstić information content (AvgIpc) is 2.49. The third-order valence-electron chi connectivity index (χ3n) is 4.11. The lowest BCUT2D eigenvalue weighted by atomic mass is 10.1. The Labute approximate surface area is 140 Å². The van der Waals surface area contributed by atoms with Gasteiger partial charge in [-0.15, -0.1) is 0 Å². The molecule has 1 aromatic rings. The first-order valence-corrected chi connectivity index (χ1v) is 9.54. The van der Waals surface area contributed by atoms with Gasteiger partial charge in [0.25, 0.3) is 0 Å². The second-order valence-electron chi connectivity index (χ2n) is 6.02. The summed E-state index contributed by atoms with van der Waals surface area (Å²) in [5.41, 5.74) is 2.57. The summed E-state index contributed by atoms with van der Waals surface area (Å²) in [5.74, 6) is 0. The van der Waals surface area contributed by atoms with E-state index < -0.39 is 0 Å². The number of hydrogen-bond acceptors (Lipinski definition) is 1. The Hall–Kier alpha value is -0.500. The summed E-state index contributed by atoms with van der Waals surface area (Å²) in [4.78, 5) is 0. The highest BCUT2D eigenvalue weighted by atomic mass is 79.9. The van der Waals surface area contributed by atoms with Crippen LogP contribution in [0.25, 0.3) is 0 Å². The van der Waals surface area contributed by atoms with Crippen molar-refractivity contribution in [2.45, 2.75) is 78.1 Å². The van der Waals surface area contributed by atoms with Crippen LogP contribution in [-0.2, 0) is 0 Å². The minimum Gasteiger partial charge on any atom is -0.385 e. The molecule has 0 aromatic heterocycles. The van der Waals surface area contributed by atoms with E-state index in [1.54, 1.807) is 0 Å². The van der Waals surface area contributed by atoms with Crippen LogP contribution in [0.1, 0.15) is 76.7 Å². The third kappa shape index (κ3) is 8.50. The molecule has 0 saturated heterocycles. The molecule has 0 aliphatic carbocycles. The van der Waals surface area contributed by atoms with Gasteiger partial charge in [0.15, 0.2) is 0 Å². The van der Waals surface area contributed by atoms with Crippen LogP contribution in [0.2, 0.25) is 0 Å². The van der Waals surface area contributed by atoms with Gasteiger partial charge in [-0.3, -0.25) is 0 Å². The Morgan fingerprint density at radius 1 is 0.857 bits per heavy atom. The van der Waals surface area contributed by atoms with Gasteiger partial charge in [0.2, 0.25) is 0 Å². The Morgan fingerprint density at radius 3 is 2.05 bits per heavy atom. The van der Waals surface area contributed by atoms with Crippen LogP contribution >= 0.6 is 15.9 Å². The third-order valence-corrected chi connectivity index (χ3v) is 4.97. The first-order valence-electron chi connectivity index (χ1n) is 8.74. The standard InChI is InChI=1S/C19H32BrN/c1-3-4-5-6-7-8-9-10-11-12-16-21-19-15-13-14-18(20)17(19)2/h13-15,21H,3-12,16H2,1-2H3. The minimum atomic E-state index is 1.09. The highest BCUT2D eigenvalue weighted by molar-refractivity contribution is 9.10. The van der Waals surface area contributed by atoms with Crippen molar-refractivity contribution in [3.63, 3.8) is 0 Å². The SMILES string of the molecule is CCCCCCCCCCCCNc1cccc(Br)c1C. The van der Waals surface area contributed by atoms with E-state index in [9.17, 15) is 0 Å². The lowest BCUT2D eigenvalue weighted by Crippen LogP contribution is -2.03. The molecule has 0 atom stereocenters. The fraction of sp³-hybridized carbons (Fsp3) is 0.684. The van der Waals surface area contributed by atoms with E-state index in [0.717, 1.165) is 6.54 Å². The maximum atomic E-state index is 3.58. The molecule has 0 heterocycles. The lowest BCUT2D eigenvalue weighted by molar-refractivity contribution is 0.560. The molecule has 0 bridgehead atoms. The van der Waals surface area contributed by atoms with Crippen molar-refractivity contribution in [2.24, 2.45) is 0 Å². The van der Waals surface area contributed by atoms with Gasteiger partial charge < -0.3 is 5.32 Å². The number of nitrogens with one attached hydrogen (secondary N) is 1. The molecule has 1 N–H and O–H groups in total. The zero-order valence-electron chi connectivity index (χ0n) is 13.9. The number of anilines is 1. The number of halogens is 1. The van der Waals surface area contributed by atoms with Crippen LogP contribution in [0.3, 0.4) is 0 Å². The van der Waals surface area contributed by atoms with E-state index >= 15 is 0 Å². The van der Waals surface area contributed by atoms with Crippen molar-refractivity contribution in [1.29, 1.82) is 0 Å². The Balaban J connectivity index is 1.94. The van der Waals surface area contributed by atoms with E-state index in [1.807, 2.05) is 0 Å². The summed E-state index contributed by atoms with van der Waals surface area (Å²) in [6, 6.07) is 6.36. The van der Waals surface area contributed by atoms with Gasteiger partial charge in [0.05, 0.1) is 0 Å². The number of hydrogen-bond donors (Lipinski definition) is 1. The molecule has 0 spiro atoms. The zero-order valence-corrected chi connectivity index (χ0v) is 15.5. The van der Waals surface area contributed by atoms with Gasteiger partial charge in [0.1, 0.15) is 0 Å². The van der Waals surface area contributed by atoms with Crippen molar-refractivity contribution in [1.82, 2.24) is 0 Å². The second kappa shape index (κ2) is 12.1. The first-order chi connectivity index (χ1) is 10.3. The van der Waals surface area contributed by atoms with E-state index in [4.69, 9.17) is 0 Å². The van der Waals surface area contributed by atoms with Crippen LogP contribution in [0.4, 0.5) is 5.69 Å². The largest absolute Gasteiger partial charge is 0.385 e. The average molecular weight is 354 g/mol. The molecule has 1 aromatic carbocycles. The fourth-order valence-corrected chi connectivity index (χ4v) is 3.00. The summed E-state index contributed by atoms with van der Waals surface area (Å²) in [6.45, 7) is 5.53. The molecule has 1 nitrogen and oxygen atoms in total. The smallest absolute Gasteiger partial charge is 0.0381 e. The molecular formula is C19H32BrN. The summed E-state index contributed by atoms with van der Waals surface area (Å²) in [5, 5.41) is 3.55. The maximum absolute atomic E-state index is 3.58. The van der Waals surface area contributed by atoms with Crippen LogP contribution in [0.15, 0.2) is 22.7 Å². The molecule has 0 aliphatic rings. The van der Waals surface area contributed by atoms with E-state index in [-0.39, 0.29) is 0 Å². The zero-order chi connectivity index (χ0) is 15.3. The van der Waals surface area contributed by atoms with Gasteiger partial charge in [-0.2, -0.15) is 0 Å². The number of unbranched alkanes of at least 4 members (excludes halogenated alkanes) is 9. The molecule has 1 rings (SSSR count). The summed E-state index contributed by atoms with van der Waals surface area (Å²) in [6.07, 6.45) is 14.0. The van der Waals surface area contributed by atoms with Crippen LogP contribution in [0.5, 0.6) is 0 Å². The van der Waals surface area contributed by atoms with Crippen molar-refractivity contribution in [3.05, 3.63) is 28.2 Å². The van der Waals surface area contributed by atoms with E-state index in [0.29, 0.717) is 0 Å². The predicted octanol–water partition coefficient (Wildman–Crippen LogP) is 7.09. The van der Waals surface area contributed by atoms with Gasteiger partial charge in [-0.05, 0) is 31.0 Å². The van der Waals surface area contributed by atoms with Crippen molar-refractivity contribution in [2.75, 3.05) is 11.9 Å². The van der Waals surface area contributed by atoms with Crippen molar-refractivity contribution in [3.8, 4) is 0 Å². The Kier molecular flexibility index (Phi) is 10.7. The molecule has 0 fully saturated rings. The molecular weight excluding hydrogens is 322 g/mol. The molecule has 2 heteroatoms. The molecule has 0 radical (unpaired) electrons. The van der Waals surface area contributed by atoms with Gasteiger partial charge in [-0.25, -0.2) is 0 Å². The second-order valence-corrected chi connectivity index (χ2v) is 6.88.